The van der Waals surface area contributed by atoms with Crippen LogP contribution in [0.5, 0.6) is 0 Å². The summed E-state index contributed by atoms with van der Waals surface area (Å²) in [7, 11) is 1.40. The van der Waals surface area contributed by atoms with Gasteiger partial charge in [-0.05, 0) is 31.5 Å². The summed E-state index contributed by atoms with van der Waals surface area (Å²) in [6, 6.07) is 0.839. The van der Waals surface area contributed by atoms with Crippen LogP contribution in [0.3, 0.4) is 0 Å². The SMILES string of the molecule is CNC(=O)NC(=O)[C@H](C)N[C@@H](C)c1cc(F)c(Cl)cc1Cl. The van der Waals surface area contributed by atoms with E-state index in [1.165, 1.54) is 19.2 Å². The molecule has 0 unspecified atom stereocenters. The average molecular weight is 336 g/mol. The number of halogens is 3. The lowest BCUT2D eigenvalue weighted by atomic mass is 10.1. The highest BCUT2D eigenvalue weighted by Gasteiger charge is 2.20. The first-order valence-corrected chi connectivity index (χ1v) is 6.95. The number of hydrogen-bond donors (Lipinski definition) is 3. The van der Waals surface area contributed by atoms with Crippen molar-refractivity contribution in [1.29, 1.82) is 0 Å². The van der Waals surface area contributed by atoms with Gasteiger partial charge in [-0.3, -0.25) is 15.4 Å². The number of hydrogen-bond acceptors (Lipinski definition) is 3. The predicted molar refractivity (Wildman–Crippen MR) is 80.0 cm³/mol. The van der Waals surface area contributed by atoms with E-state index in [1.54, 1.807) is 13.8 Å². The van der Waals surface area contributed by atoms with E-state index < -0.39 is 29.8 Å². The molecule has 0 spiro atoms. The normalized spacial score (nSPS) is 13.4. The summed E-state index contributed by atoms with van der Waals surface area (Å²) in [5.74, 6) is -1.10. The van der Waals surface area contributed by atoms with Crippen LogP contribution in [0.1, 0.15) is 25.5 Å². The van der Waals surface area contributed by atoms with Gasteiger partial charge in [-0.15, -0.1) is 0 Å². The van der Waals surface area contributed by atoms with E-state index in [0.29, 0.717) is 10.6 Å². The first-order chi connectivity index (χ1) is 9.76. The summed E-state index contributed by atoms with van der Waals surface area (Å²) in [5.41, 5.74) is 0.471. The van der Waals surface area contributed by atoms with Crippen molar-refractivity contribution in [1.82, 2.24) is 16.0 Å². The van der Waals surface area contributed by atoms with Gasteiger partial charge in [-0.25, -0.2) is 9.18 Å². The highest BCUT2D eigenvalue weighted by Crippen LogP contribution is 2.28. The third-order valence-corrected chi connectivity index (χ3v) is 3.48. The molecule has 1 aromatic rings. The number of imide groups is 1. The maximum absolute atomic E-state index is 13.5. The maximum atomic E-state index is 13.5. The average Bonchev–Trinajstić information content (AvgIpc) is 2.42. The third kappa shape index (κ3) is 4.84. The van der Waals surface area contributed by atoms with Crippen molar-refractivity contribution >= 4 is 35.1 Å². The van der Waals surface area contributed by atoms with Gasteiger partial charge in [0.2, 0.25) is 5.91 Å². The summed E-state index contributed by atoms with van der Waals surface area (Å²) < 4.78 is 13.5. The molecule has 0 fully saturated rings. The lowest BCUT2D eigenvalue weighted by molar-refractivity contribution is -0.121. The Morgan fingerprint density at radius 3 is 2.38 bits per heavy atom. The molecule has 0 aliphatic heterocycles. The van der Waals surface area contributed by atoms with E-state index in [-0.39, 0.29) is 5.02 Å². The molecule has 0 aromatic heterocycles. The van der Waals surface area contributed by atoms with Gasteiger partial charge >= 0.3 is 6.03 Å². The second kappa shape index (κ2) is 7.59. The number of rotatable bonds is 4. The van der Waals surface area contributed by atoms with E-state index in [4.69, 9.17) is 23.2 Å². The zero-order valence-corrected chi connectivity index (χ0v) is 13.3. The molecule has 0 bridgehead atoms. The van der Waals surface area contributed by atoms with Crippen LogP contribution in [-0.4, -0.2) is 25.0 Å². The molecule has 3 amide bonds. The minimum atomic E-state index is -0.674. The van der Waals surface area contributed by atoms with Crippen molar-refractivity contribution in [2.45, 2.75) is 25.9 Å². The van der Waals surface area contributed by atoms with Crippen LogP contribution < -0.4 is 16.0 Å². The Kier molecular flexibility index (Phi) is 6.39. The zero-order valence-electron chi connectivity index (χ0n) is 11.8. The number of benzene rings is 1. The molecular formula is C13H16Cl2FN3O2. The zero-order chi connectivity index (χ0) is 16.2. The molecule has 0 saturated carbocycles. The monoisotopic (exact) mass is 335 g/mol. The van der Waals surface area contributed by atoms with Gasteiger partial charge in [0.25, 0.3) is 0 Å². The van der Waals surface area contributed by atoms with Crippen LogP contribution in [0.2, 0.25) is 10.0 Å². The van der Waals surface area contributed by atoms with E-state index in [2.05, 4.69) is 16.0 Å². The van der Waals surface area contributed by atoms with Crippen LogP contribution in [-0.2, 0) is 4.79 Å². The Bertz CT molecular complexity index is 554. The predicted octanol–water partition coefficient (Wildman–Crippen LogP) is 2.63. The van der Waals surface area contributed by atoms with E-state index in [9.17, 15) is 14.0 Å². The maximum Gasteiger partial charge on any atom is 0.321 e. The van der Waals surface area contributed by atoms with Gasteiger partial charge in [0.05, 0.1) is 11.1 Å². The third-order valence-electron chi connectivity index (χ3n) is 2.86. The Hall–Kier alpha value is -1.37. The number of nitrogens with one attached hydrogen (secondary N) is 3. The fourth-order valence-corrected chi connectivity index (χ4v) is 2.24. The highest BCUT2D eigenvalue weighted by atomic mass is 35.5. The molecule has 1 rings (SSSR count). The van der Waals surface area contributed by atoms with Crippen molar-refractivity contribution in [2.24, 2.45) is 0 Å². The van der Waals surface area contributed by atoms with Crippen molar-refractivity contribution in [3.8, 4) is 0 Å². The Balaban J connectivity index is 2.77. The minimum Gasteiger partial charge on any atom is -0.341 e. The number of urea groups is 1. The fourth-order valence-electron chi connectivity index (χ4n) is 1.69. The summed E-state index contributed by atoms with van der Waals surface area (Å²) in [6.07, 6.45) is 0. The standard InChI is InChI=1S/C13H16Cl2FN3O2/c1-6(8-4-11(16)10(15)5-9(8)14)18-7(2)12(20)19-13(21)17-3/h4-7,18H,1-3H3,(H2,17,19,20,21)/t6-,7-/m0/s1. The Labute approximate surface area is 132 Å². The van der Waals surface area contributed by atoms with Crippen molar-refractivity contribution in [3.63, 3.8) is 0 Å². The number of carbonyl (C=O) groups is 2. The molecule has 8 heteroatoms. The van der Waals surface area contributed by atoms with Gasteiger partial charge < -0.3 is 5.32 Å². The first kappa shape index (κ1) is 17.7. The molecule has 0 saturated heterocycles. The molecule has 0 heterocycles. The van der Waals surface area contributed by atoms with Crippen LogP contribution in [0.25, 0.3) is 0 Å². The van der Waals surface area contributed by atoms with Crippen molar-refractivity contribution in [3.05, 3.63) is 33.6 Å². The second-order valence-electron chi connectivity index (χ2n) is 4.47. The topological polar surface area (TPSA) is 70.2 Å². The lowest BCUT2D eigenvalue weighted by Crippen LogP contribution is -2.47. The molecule has 0 aliphatic rings. The summed E-state index contributed by atoms with van der Waals surface area (Å²) in [5, 5.41) is 7.57. The molecule has 5 nitrogen and oxygen atoms in total. The minimum absolute atomic E-state index is 0.0682. The summed E-state index contributed by atoms with van der Waals surface area (Å²) >= 11 is 11.6. The number of amides is 3. The van der Waals surface area contributed by atoms with Gasteiger partial charge in [0, 0.05) is 18.1 Å². The number of carbonyl (C=O) groups excluding carboxylic acids is 2. The summed E-state index contributed by atoms with van der Waals surface area (Å²) in [6.45, 7) is 3.30. The molecule has 21 heavy (non-hydrogen) atoms. The second-order valence-corrected chi connectivity index (χ2v) is 5.28. The molecule has 1 aromatic carbocycles. The van der Waals surface area contributed by atoms with E-state index >= 15 is 0 Å². The van der Waals surface area contributed by atoms with Crippen LogP contribution in [0, 0.1) is 5.82 Å². The van der Waals surface area contributed by atoms with Gasteiger partial charge in [-0.1, -0.05) is 23.2 Å². The van der Waals surface area contributed by atoms with Crippen LogP contribution in [0.15, 0.2) is 12.1 Å². The van der Waals surface area contributed by atoms with E-state index in [0.717, 1.165) is 0 Å². The van der Waals surface area contributed by atoms with Crippen molar-refractivity contribution < 1.29 is 14.0 Å². The van der Waals surface area contributed by atoms with Crippen molar-refractivity contribution in [2.75, 3.05) is 7.05 Å². The van der Waals surface area contributed by atoms with E-state index in [1.807, 2.05) is 0 Å². The molecule has 116 valence electrons. The Morgan fingerprint density at radius 2 is 1.81 bits per heavy atom. The molecule has 0 aliphatic carbocycles. The van der Waals surface area contributed by atoms with Gasteiger partial charge in [-0.2, -0.15) is 0 Å². The lowest BCUT2D eigenvalue weighted by Gasteiger charge is -2.20. The first-order valence-electron chi connectivity index (χ1n) is 6.19. The molecule has 3 N–H and O–H groups in total. The highest BCUT2D eigenvalue weighted by molar-refractivity contribution is 6.35. The quantitative estimate of drug-likeness (QED) is 0.741. The summed E-state index contributed by atoms with van der Waals surface area (Å²) in [4.78, 5) is 22.8. The fraction of sp³-hybridized carbons (Fsp3) is 0.385. The smallest absolute Gasteiger partial charge is 0.321 e. The van der Waals surface area contributed by atoms with Crippen LogP contribution >= 0.6 is 23.2 Å². The molecule has 0 radical (unpaired) electrons. The van der Waals surface area contributed by atoms with Gasteiger partial charge in [0.15, 0.2) is 0 Å². The molecular weight excluding hydrogens is 320 g/mol. The van der Waals surface area contributed by atoms with Crippen LogP contribution in [0.4, 0.5) is 9.18 Å². The van der Waals surface area contributed by atoms with Gasteiger partial charge in [0.1, 0.15) is 5.82 Å². The Morgan fingerprint density at radius 1 is 1.19 bits per heavy atom. The molecule has 2 atom stereocenters. The largest absolute Gasteiger partial charge is 0.341 e.